The SMILES string of the molecule is OC(CCc1ccccc1)Cc1ccccc1Br. The Hall–Kier alpha value is -1.12. The summed E-state index contributed by atoms with van der Waals surface area (Å²) in [5, 5.41) is 10.1. The summed E-state index contributed by atoms with van der Waals surface area (Å²) in [6, 6.07) is 18.4. The lowest BCUT2D eigenvalue weighted by molar-refractivity contribution is 0.165. The van der Waals surface area contributed by atoms with Gasteiger partial charge in [-0.3, -0.25) is 0 Å². The van der Waals surface area contributed by atoms with Crippen molar-refractivity contribution in [3.63, 3.8) is 0 Å². The average Bonchev–Trinajstić information content (AvgIpc) is 2.40. The summed E-state index contributed by atoms with van der Waals surface area (Å²) in [5.41, 5.74) is 2.45. The summed E-state index contributed by atoms with van der Waals surface area (Å²) in [5.74, 6) is 0. The molecule has 2 rings (SSSR count). The number of hydrogen-bond acceptors (Lipinski definition) is 1. The summed E-state index contributed by atoms with van der Waals surface area (Å²) in [6.45, 7) is 0. The van der Waals surface area contributed by atoms with Crippen LogP contribution in [0, 0.1) is 0 Å². The molecule has 0 spiro atoms. The van der Waals surface area contributed by atoms with Gasteiger partial charge in [-0.25, -0.2) is 0 Å². The molecule has 2 heteroatoms. The maximum absolute atomic E-state index is 10.1. The highest BCUT2D eigenvalue weighted by molar-refractivity contribution is 9.10. The standard InChI is InChI=1S/C16H17BrO/c17-16-9-5-4-8-14(16)12-15(18)11-10-13-6-2-1-3-7-13/h1-9,15,18H,10-12H2. The molecule has 18 heavy (non-hydrogen) atoms. The molecule has 0 aromatic heterocycles. The Labute approximate surface area is 117 Å². The smallest absolute Gasteiger partial charge is 0.0584 e. The van der Waals surface area contributed by atoms with E-state index in [1.54, 1.807) is 0 Å². The molecule has 2 aromatic rings. The molecular formula is C16H17BrO. The lowest BCUT2D eigenvalue weighted by Crippen LogP contribution is -2.12. The van der Waals surface area contributed by atoms with E-state index in [1.807, 2.05) is 36.4 Å². The average molecular weight is 305 g/mol. The minimum absolute atomic E-state index is 0.288. The van der Waals surface area contributed by atoms with Gasteiger partial charge in [0.1, 0.15) is 0 Å². The summed E-state index contributed by atoms with van der Waals surface area (Å²) in [6.07, 6.45) is 2.13. The minimum atomic E-state index is -0.288. The first kappa shape index (κ1) is 13.3. The van der Waals surface area contributed by atoms with Crippen LogP contribution in [0.25, 0.3) is 0 Å². The fourth-order valence-corrected chi connectivity index (χ4v) is 2.44. The van der Waals surface area contributed by atoms with Gasteiger partial charge in [-0.2, -0.15) is 0 Å². The molecule has 0 aliphatic heterocycles. The fourth-order valence-electron chi connectivity index (χ4n) is 2.00. The first-order valence-corrected chi connectivity index (χ1v) is 7.00. The third-order valence-electron chi connectivity index (χ3n) is 3.02. The van der Waals surface area contributed by atoms with Crippen molar-refractivity contribution in [3.8, 4) is 0 Å². The van der Waals surface area contributed by atoms with Gasteiger partial charge in [0.25, 0.3) is 0 Å². The molecule has 0 saturated carbocycles. The van der Waals surface area contributed by atoms with Crippen LogP contribution in [0.1, 0.15) is 17.5 Å². The van der Waals surface area contributed by atoms with Crippen molar-refractivity contribution in [3.05, 3.63) is 70.2 Å². The van der Waals surface area contributed by atoms with Gasteiger partial charge in [0.2, 0.25) is 0 Å². The molecule has 1 atom stereocenters. The first-order chi connectivity index (χ1) is 8.75. The van der Waals surface area contributed by atoms with Crippen molar-refractivity contribution in [1.82, 2.24) is 0 Å². The monoisotopic (exact) mass is 304 g/mol. The van der Waals surface area contributed by atoms with Crippen LogP contribution in [0.2, 0.25) is 0 Å². The van der Waals surface area contributed by atoms with Crippen LogP contribution in [0.15, 0.2) is 59.1 Å². The lowest BCUT2D eigenvalue weighted by atomic mass is 10.0. The highest BCUT2D eigenvalue weighted by atomic mass is 79.9. The van der Waals surface area contributed by atoms with Crippen LogP contribution < -0.4 is 0 Å². The van der Waals surface area contributed by atoms with Crippen molar-refractivity contribution >= 4 is 15.9 Å². The van der Waals surface area contributed by atoms with Crippen molar-refractivity contribution in [2.45, 2.75) is 25.4 Å². The Morgan fingerprint density at radius 2 is 1.61 bits per heavy atom. The van der Waals surface area contributed by atoms with Gasteiger partial charge in [0.15, 0.2) is 0 Å². The van der Waals surface area contributed by atoms with Crippen LogP contribution >= 0.6 is 15.9 Å². The van der Waals surface area contributed by atoms with Crippen LogP contribution in [0.3, 0.4) is 0 Å². The van der Waals surface area contributed by atoms with Crippen LogP contribution in [-0.4, -0.2) is 11.2 Å². The molecule has 1 N–H and O–H groups in total. The maximum Gasteiger partial charge on any atom is 0.0584 e. The van der Waals surface area contributed by atoms with Gasteiger partial charge >= 0.3 is 0 Å². The van der Waals surface area contributed by atoms with Gasteiger partial charge in [0, 0.05) is 4.47 Å². The number of hydrogen-bond donors (Lipinski definition) is 1. The Kier molecular flexibility index (Phi) is 4.97. The van der Waals surface area contributed by atoms with Gasteiger partial charge in [-0.1, -0.05) is 64.5 Å². The zero-order valence-corrected chi connectivity index (χ0v) is 11.8. The maximum atomic E-state index is 10.1. The highest BCUT2D eigenvalue weighted by Crippen LogP contribution is 2.18. The van der Waals surface area contributed by atoms with Crippen LogP contribution in [0.5, 0.6) is 0 Å². The fraction of sp³-hybridized carbons (Fsp3) is 0.250. The van der Waals surface area contributed by atoms with E-state index < -0.39 is 0 Å². The number of aliphatic hydroxyl groups is 1. The molecule has 0 saturated heterocycles. The van der Waals surface area contributed by atoms with E-state index in [2.05, 4.69) is 34.1 Å². The second-order valence-electron chi connectivity index (χ2n) is 4.47. The molecule has 0 aliphatic rings. The molecule has 0 amide bonds. The second-order valence-corrected chi connectivity index (χ2v) is 5.33. The third kappa shape index (κ3) is 3.97. The van der Waals surface area contributed by atoms with E-state index in [1.165, 1.54) is 5.56 Å². The van der Waals surface area contributed by atoms with Crippen molar-refractivity contribution in [2.75, 3.05) is 0 Å². The molecule has 1 unspecified atom stereocenters. The zero-order valence-electron chi connectivity index (χ0n) is 10.2. The largest absolute Gasteiger partial charge is 0.393 e. The normalized spacial score (nSPS) is 12.3. The van der Waals surface area contributed by atoms with E-state index in [0.29, 0.717) is 6.42 Å². The minimum Gasteiger partial charge on any atom is -0.393 e. The third-order valence-corrected chi connectivity index (χ3v) is 3.80. The van der Waals surface area contributed by atoms with E-state index in [4.69, 9.17) is 0 Å². The van der Waals surface area contributed by atoms with E-state index in [-0.39, 0.29) is 6.10 Å². The van der Waals surface area contributed by atoms with Crippen molar-refractivity contribution in [2.24, 2.45) is 0 Å². The van der Waals surface area contributed by atoms with Gasteiger partial charge in [-0.05, 0) is 36.5 Å². The van der Waals surface area contributed by atoms with E-state index >= 15 is 0 Å². The Morgan fingerprint density at radius 3 is 2.33 bits per heavy atom. The molecule has 0 heterocycles. The predicted octanol–water partition coefficient (Wildman–Crippen LogP) is 3.99. The van der Waals surface area contributed by atoms with Crippen LogP contribution in [0.4, 0.5) is 0 Å². The number of rotatable bonds is 5. The van der Waals surface area contributed by atoms with Crippen molar-refractivity contribution < 1.29 is 5.11 Å². The van der Waals surface area contributed by atoms with Crippen molar-refractivity contribution in [1.29, 1.82) is 0 Å². The topological polar surface area (TPSA) is 20.2 Å². The molecule has 0 aliphatic carbocycles. The Bertz CT molecular complexity index is 481. The number of aliphatic hydroxyl groups excluding tert-OH is 1. The molecule has 0 bridgehead atoms. The molecule has 0 fully saturated rings. The molecule has 94 valence electrons. The number of aryl methyl sites for hydroxylation is 1. The Morgan fingerprint density at radius 1 is 0.944 bits per heavy atom. The number of benzene rings is 2. The predicted molar refractivity (Wildman–Crippen MR) is 78.6 cm³/mol. The lowest BCUT2D eigenvalue weighted by Gasteiger charge is -2.11. The van der Waals surface area contributed by atoms with Gasteiger partial charge in [-0.15, -0.1) is 0 Å². The van der Waals surface area contributed by atoms with Gasteiger partial charge in [0.05, 0.1) is 6.10 Å². The van der Waals surface area contributed by atoms with E-state index in [0.717, 1.165) is 22.9 Å². The summed E-state index contributed by atoms with van der Waals surface area (Å²) >= 11 is 3.51. The Balaban J connectivity index is 1.86. The first-order valence-electron chi connectivity index (χ1n) is 6.21. The molecule has 0 radical (unpaired) electrons. The van der Waals surface area contributed by atoms with Gasteiger partial charge < -0.3 is 5.11 Å². The zero-order chi connectivity index (χ0) is 12.8. The number of halogens is 1. The molecule has 1 nitrogen and oxygen atoms in total. The van der Waals surface area contributed by atoms with E-state index in [9.17, 15) is 5.11 Å². The molecular weight excluding hydrogens is 288 g/mol. The quantitative estimate of drug-likeness (QED) is 0.885. The van der Waals surface area contributed by atoms with Crippen LogP contribution in [-0.2, 0) is 12.8 Å². The highest BCUT2D eigenvalue weighted by Gasteiger charge is 2.08. The molecule has 2 aromatic carbocycles. The summed E-state index contributed by atoms with van der Waals surface area (Å²) < 4.78 is 1.07. The summed E-state index contributed by atoms with van der Waals surface area (Å²) in [7, 11) is 0. The second kappa shape index (κ2) is 6.72. The summed E-state index contributed by atoms with van der Waals surface area (Å²) in [4.78, 5) is 0.